The van der Waals surface area contributed by atoms with E-state index in [-0.39, 0.29) is 46.6 Å². The Morgan fingerprint density at radius 2 is 1.93 bits per heavy atom. The molecule has 4 heterocycles. The molecular weight excluding hydrogens is 556 g/mol. The minimum atomic E-state index is -0.962. The summed E-state index contributed by atoms with van der Waals surface area (Å²) in [5.41, 5.74) is 2.37. The summed E-state index contributed by atoms with van der Waals surface area (Å²) in [5, 5.41) is 18.5. The monoisotopic (exact) mass is 585 g/mol. The summed E-state index contributed by atoms with van der Waals surface area (Å²) in [6, 6.07) is 14.0. The van der Waals surface area contributed by atoms with Crippen molar-refractivity contribution in [3.8, 4) is 11.9 Å². The molecule has 7 rings (SSSR count). The van der Waals surface area contributed by atoms with Crippen molar-refractivity contribution in [2.24, 2.45) is 5.41 Å². The van der Waals surface area contributed by atoms with Crippen LogP contribution in [0.2, 0.25) is 0 Å². The Bertz CT molecular complexity index is 1770. The van der Waals surface area contributed by atoms with Gasteiger partial charge < -0.3 is 24.0 Å². The van der Waals surface area contributed by atoms with E-state index in [4.69, 9.17) is 19.7 Å². The summed E-state index contributed by atoms with van der Waals surface area (Å²) >= 11 is 0. The van der Waals surface area contributed by atoms with Crippen LogP contribution >= 0.6 is 0 Å². The number of carboxylic acids is 1. The first-order chi connectivity index (χ1) is 20.8. The van der Waals surface area contributed by atoms with Crippen LogP contribution in [0.4, 0.5) is 14.6 Å². The number of anilines is 1. The molecule has 43 heavy (non-hydrogen) atoms. The van der Waals surface area contributed by atoms with E-state index in [1.807, 2.05) is 6.07 Å². The number of hydrogen-bond acceptors (Lipinski definition) is 7. The number of halogens is 2. The molecule has 3 fully saturated rings. The molecule has 2 aliphatic heterocycles. The summed E-state index contributed by atoms with van der Waals surface area (Å²) < 4.78 is 42.3. The number of aromatic nitrogens is 3. The number of pyridine rings is 1. The molecule has 0 bridgehead atoms. The first-order valence-corrected chi connectivity index (χ1v) is 14.4. The molecule has 0 unspecified atom stereocenters. The van der Waals surface area contributed by atoms with Gasteiger partial charge in [0, 0.05) is 31.2 Å². The van der Waals surface area contributed by atoms with Gasteiger partial charge in [-0.1, -0.05) is 6.07 Å². The fraction of sp³-hybridized carbons (Fsp3) is 0.375. The highest BCUT2D eigenvalue weighted by molar-refractivity contribution is 5.92. The van der Waals surface area contributed by atoms with E-state index in [2.05, 4.69) is 14.5 Å². The minimum Gasteiger partial charge on any atom is -0.478 e. The lowest BCUT2D eigenvalue weighted by Crippen LogP contribution is -2.36. The van der Waals surface area contributed by atoms with Crippen molar-refractivity contribution in [1.82, 2.24) is 14.5 Å². The molecule has 1 spiro atoms. The van der Waals surface area contributed by atoms with Gasteiger partial charge in [0.05, 0.1) is 40.9 Å². The summed E-state index contributed by atoms with van der Waals surface area (Å²) in [7, 11) is 0. The number of aromatic carboxylic acids is 1. The van der Waals surface area contributed by atoms with Crippen molar-refractivity contribution in [2.75, 3.05) is 24.6 Å². The van der Waals surface area contributed by atoms with Crippen molar-refractivity contribution < 1.29 is 28.2 Å². The maximum Gasteiger partial charge on any atom is 0.335 e. The summed E-state index contributed by atoms with van der Waals surface area (Å²) in [6.45, 7) is 2.65. The fourth-order valence-electron chi connectivity index (χ4n) is 6.38. The number of carboxylic acid groups (broad SMARTS) is 1. The van der Waals surface area contributed by atoms with Crippen LogP contribution in [0.25, 0.3) is 11.0 Å². The Morgan fingerprint density at radius 1 is 1.12 bits per heavy atom. The highest BCUT2D eigenvalue weighted by Gasteiger charge is 2.57. The number of nitrogens with zero attached hydrogens (tertiary/aromatic N) is 5. The molecule has 0 amide bonds. The predicted octanol–water partition coefficient (Wildman–Crippen LogP) is 5.42. The van der Waals surface area contributed by atoms with Gasteiger partial charge in [0.25, 0.3) is 5.88 Å². The van der Waals surface area contributed by atoms with Gasteiger partial charge in [0.1, 0.15) is 24.1 Å². The molecule has 2 aromatic heterocycles. The number of benzene rings is 2. The zero-order valence-electron chi connectivity index (χ0n) is 23.3. The van der Waals surface area contributed by atoms with E-state index in [1.165, 1.54) is 18.2 Å². The fourth-order valence-corrected chi connectivity index (χ4v) is 6.38. The maximum atomic E-state index is 14.6. The first-order valence-electron chi connectivity index (χ1n) is 14.4. The van der Waals surface area contributed by atoms with Crippen LogP contribution < -0.4 is 9.64 Å². The number of nitriles is 1. The van der Waals surface area contributed by atoms with Crippen LogP contribution in [0, 0.1) is 28.4 Å². The van der Waals surface area contributed by atoms with Crippen LogP contribution in [0.5, 0.6) is 5.88 Å². The second-order valence-corrected chi connectivity index (χ2v) is 11.6. The smallest absolute Gasteiger partial charge is 0.335 e. The van der Waals surface area contributed by atoms with E-state index in [9.17, 15) is 18.7 Å². The zero-order valence-corrected chi connectivity index (χ0v) is 23.3. The maximum absolute atomic E-state index is 14.6. The van der Waals surface area contributed by atoms with Gasteiger partial charge in [0.2, 0.25) is 0 Å². The van der Waals surface area contributed by atoms with Crippen LogP contribution in [0.3, 0.4) is 0 Å². The van der Waals surface area contributed by atoms with Gasteiger partial charge >= 0.3 is 5.97 Å². The lowest BCUT2D eigenvalue weighted by Gasteiger charge is -2.34. The van der Waals surface area contributed by atoms with Crippen LogP contribution in [0.15, 0.2) is 48.5 Å². The highest BCUT2D eigenvalue weighted by atomic mass is 19.1. The van der Waals surface area contributed by atoms with Gasteiger partial charge in [-0.15, -0.1) is 0 Å². The molecule has 1 N–H and O–H groups in total. The third-order valence-corrected chi connectivity index (χ3v) is 9.13. The lowest BCUT2D eigenvalue weighted by molar-refractivity contribution is -0.0590. The van der Waals surface area contributed by atoms with Gasteiger partial charge in [-0.25, -0.2) is 18.6 Å². The Hall–Kier alpha value is -4.56. The third-order valence-electron chi connectivity index (χ3n) is 9.13. The normalized spacial score (nSPS) is 20.5. The van der Waals surface area contributed by atoms with Crippen molar-refractivity contribution >= 4 is 22.8 Å². The average molecular weight is 586 g/mol. The molecule has 2 aromatic carbocycles. The molecule has 1 saturated carbocycles. The predicted molar refractivity (Wildman–Crippen MR) is 152 cm³/mol. The first kappa shape index (κ1) is 27.3. The Kier molecular flexibility index (Phi) is 6.73. The molecule has 2 atom stereocenters. The topological polar surface area (TPSA) is 114 Å². The van der Waals surface area contributed by atoms with Gasteiger partial charge in [0.15, 0.2) is 5.82 Å². The second kappa shape index (κ2) is 10.6. The quantitative estimate of drug-likeness (QED) is 0.292. The van der Waals surface area contributed by atoms with Crippen molar-refractivity contribution in [2.45, 2.75) is 50.9 Å². The lowest BCUT2D eigenvalue weighted by atomic mass is 9.90. The number of imidazole rings is 1. The zero-order chi connectivity index (χ0) is 29.7. The summed E-state index contributed by atoms with van der Waals surface area (Å²) in [6.07, 6.45) is 3.90. The number of fused-ring (bicyclic) bond motifs is 1. The molecule has 220 valence electrons. The van der Waals surface area contributed by atoms with Gasteiger partial charge in [-0.3, -0.25) is 0 Å². The van der Waals surface area contributed by atoms with E-state index in [0.717, 1.165) is 68.3 Å². The number of rotatable bonds is 8. The van der Waals surface area contributed by atoms with E-state index in [0.29, 0.717) is 12.4 Å². The van der Waals surface area contributed by atoms with E-state index < -0.39 is 17.6 Å². The largest absolute Gasteiger partial charge is 0.478 e. The summed E-state index contributed by atoms with van der Waals surface area (Å²) in [4.78, 5) is 23.2. The van der Waals surface area contributed by atoms with Gasteiger partial charge in [-0.05, 0) is 73.6 Å². The second-order valence-electron chi connectivity index (χ2n) is 11.6. The molecule has 3 aliphatic rings. The summed E-state index contributed by atoms with van der Waals surface area (Å²) in [5.74, 6) is -0.528. The number of ether oxygens (including phenoxy) is 2. The average Bonchev–Trinajstić information content (AvgIpc) is 3.55. The molecular formula is C32H29F2N5O4. The molecule has 9 nitrogen and oxygen atoms in total. The van der Waals surface area contributed by atoms with Crippen molar-refractivity contribution in [3.05, 3.63) is 82.7 Å². The molecule has 4 aromatic rings. The Morgan fingerprint density at radius 3 is 2.63 bits per heavy atom. The standard InChI is InChI=1S/C32H29F2N5O4/c33-24-4-6-28(37-30(24)43-18-21-2-1-19(16-35)13-25(21)34)38-10-8-32(9-11-38)15-23(32)29-36-26-5-3-20(31(40)41)14-27(26)39(29)17-22-7-12-42-22/h1-6,13-14,22-23H,7-12,15,17-18H2,(H,40,41)/t22-,23-/m0/s1. The molecule has 0 radical (unpaired) electrons. The molecule has 2 saturated heterocycles. The van der Waals surface area contributed by atoms with Crippen LogP contribution in [-0.2, 0) is 17.9 Å². The van der Waals surface area contributed by atoms with E-state index >= 15 is 0 Å². The highest BCUT2D eigenvalue weighted by Crippen LogP contribution is 2.65. The molecule has 11 heteroatoms. The van der Waals surface area contributed by atoms with Crippen LogP contribution in [-0.4, -0.2) is 51.4 Å². The Labute approximate surface area is 246 Å². The Balaban J connectivity index is 1.05. The van der Waals surface area contributed by atoms with E-state index in [1.54, 1.807) is 24.3 Å². The number of hydrogen-bond donors (Lipinski definition) is 1. The number of piperidine rings is 1. The van der Waals surface area contributed by atoms with Crippen LogP contribution in [0.1, 0.15) is 58.9 Å². The number of carbonyl (C=O) groups is 1. The molecule has 1 aliphatic carbocycles. The van der Waals surface area contributed by atoms with Crippen molar-refractivity contribution in [3.63, 3.8) is 0 Å². The van der Waals surface area contributed by atoms with Gasteiger partial charge in [-0.2, -0.15) is 10.2 Å². The minimum absolute atomic E-state index is 0.0954. The third kappa shape index (κ3) is 5.06. The van der Waals surface area contributed by atoms with Crippen molar-refractivity contribution in [1.29, 1.82) is 5.26 Å². The SMILES string of the molecule is N#Cc1ccc(COc2nc(N3CCC4(CC3)C[C@H]4c3nc4ccc(C(=O)O)cc4n3C[C@@H]3CCO3)ccc2F)c(F)c1.